The molecular weight excluding hydrogens is 491 g/mol. The molecular formula is C21H20F3N5O5S. The van der Waals surface area contributed by atoms with Gasteiger partial charge in [0.1, 0.15) is 23.7 Å². The molecule has 35 heavy (non-hydrogen) atoms. The lowest BCUT2D eigenvalue weighted by molar-refractivity contribution is -0.219. The predicted octanol–water partition coefficient (Wildman–Crippen LogP) is 4.00. The molecule has 0 fully saturated rings. The van der Waals surface area contributed by atoms with Crippen molar-refractivity contribution in [2.24, 2.45) is 0 Å². The van der Waals surface area contributed by atoms with E-state index in [1.165, 1.54) is 18.5 Å². The number of carbonyl (C=O) groups excluding carboxylic acids is 1. The number of hydrogen-bond donors (Lipinski definition) is 2. The van der Waals surface area contributed by atoms with Gasteiger partial charge >= 0.3 is 12.1 Å². The van der Waals surface area contributed by atoms with E-state index < -0.39 is 27.1 Å². The van der Waals surface area contributed by atoms with Crippen LogP contribution < -0.4 is 15.4 Å². The van der Waals surface area contributed by atoms with Crippen LogP contribution >= 0.6 is 0 Å². The van der Waals surface area contributed by atoms with E-state index in [1.54, 1.807) is 12.1 Å². The summed E-state index contributed by atoms with van der Waals surface area (Å²) in [5, 5.41) is 5.99. The minimum Gasteiger partial charge on any atom is -0.494 e. The zero-order valence-electron chi connectivity index (χ0n) is 18.4. The van der Waals surface area contributed by atoms with Crippen molar-refractivity contribution in [2.75, 3.05) is 24.3 Å². The molecule has 0 atom stereocenters. The molecule has 0 saturated heterocycles. The molecule has 0 amide bonds. The highest BCUT2D eigenvalue weighted by molar-refractivity contribution is 7.89. The van der Waals surface area contributed by atoms with Crippen molar-refractivity contribution < 1.29 is 36.0 Å². The number of alkyl halides is 3. The van der Waals surface area contributed by atoms with E-state index >= 15 is 0 Å². The number of nitrogens with one attached hydrogen (secondary N) is 2. The van der Waals surface area contributed by atoms with E-state index in [-0.39, 0.29) is 10.2 Å². The van der Waals surface area contributed by atoms with Crippen molar-refractivity contribution in [1.29, 1.82) is 0 Å². The number of hydrogen-bond acceptors (Lipinski definition) is 9. The number of sulfonamides is 1. The second-order valence-electron chi connectivity index (χ2n) is 6.82. The SMILES string of the molecule is CCOc1cccc(Nc2cc(Nc3cccc(S(=O)(=O)N(C)OC(=O)C(F)(F)F)c3)ncn2)c1. The average molecular weight is 511 g/mol. The third-order valence-corrected chi connectivity index (χ3v) is 5.87. The summed E-state index contributed by atoms with van der Waals surface area (Å²) in [5.74, 6) is -1.26. The van der Waals surface area contributed by atoms with Gasteiger partial charge in [0.25, 0.3) is 10.0 Å². The van der Waals surface area contributed by atoms with E-state index in [1.807, 2.05) is 25.1 Å². The van der Waals surface area contributed by atoms with Crippen LogP contribution in [-0.2, 0) is 19.7 Å². The van der Waals surface area contributed by atoms with Crippen LogP contribution in [0, 0.1) is 0 Å². The first-order valence-electron chi connectivity index (χ1n) is 9.96. The smallest absolute Gasteiger partial charge is 0.492 e. The lowest BCUT2D eigenvalue weighted by Gasteiger charge is -2.17. The zero-order chi connectivity index (χ0) is 25.6. The third kappa shape index (κ3) is 6.80. The highest BCUT2D eigenvalue weighted by Gasteiger charge is 2.43. The number of halogens is 3. The normalized spacial score (nSPS) is 11.7. The van der Waals surface area contributed by atoms with E-state index in [4.69, 9.17) is 4.74 Å². The molecule has 0 aliphatic heterocycles. The van der Waals surface area contributed by atoms with Crippen LogP contribution in [0.3, 0.4) is 0 Å². The van der Waals surface area contributed by atoms with E-state index in [2.05, 4.69) is 25.4 Å². The average Bonchev–Trinajstić information content (AvgIpc) is 2.79. The van der Waals surface area contributed by atoms with Crippen molar-refractivity contribution in [3.05, 3.63) is 60.9 Å². The Kier molecular flexibility index (Phi) is 7.76. The van der Waals surface area contributed by atoms with Gasteiger partial charge in [-0.3, -0.25) is 0 Å². The topological polar surface area (TPSA) is 123 Å². The quantitative estimate of drug-likeness (QED) is 0.410. The summed E-state index contributed by atoms with van der Waals surface area (Å²) >= 11 is 0. The standard InChI is InChI=1S/C21H20F3N5O5S/c1-3-33-16-8-4-6-14(10-16)27-18-12-19(26-13-25-18)28-15-7-5-9-17(11-15)35(31,32)29(2)34-20(30)21(22,23)24/h4-13H,3H2,1-2H3,(H2,25,26,27,28). The summed E-state index contributed by atoms with van der Waals surface area (Å²) in [6.45, 7) is 2.39. The van der Waals surface area contributed by atoms with Crippen molar-refractivity contribution in [1.82, 2.24) is 14.4 Å². The Morgan fingerprint density at radius 1 is 1.00 bits per heavy atom. The van der Waals surface area contributed by atoms with Gasteiger partial charge < -0.3 is 20.2 Å². The molecule has 0 unspecified atom stereocenters. The minimum atomic E-state index is -5.35. The Labute approximate surface area is 198 Å². The highest BCUT2D eigenvalue weighted by atomic mass is 32.2. The maximum Gasteiger partial charge on any atom is 0.492 e. The van der Waals surface area contributed by atoms with Gasteiger partial charge in [0.05, 0.1) is 11.5 Å². The summed E-state index contributed by atoms with van der Waals surface area (Å²) in [7, 11) is -3.89. The fourth-order valence-corrected chi connectivity index (χ4v) is 3.71. The van der Waals surface area contributed by atoms with Crippen LogP contribution in [0.4, 0.5) is 36.2 Å². The molecule has 3 rings (SSSR count). The largest absolute Gasteiger partial charge is 0.494 e. The lowest BCUT2D eigenvalue weighted by Crippen LogP contribution is -2.36. The third-order valence-electron chi connectivity index (χ3n) is 4.27. The molecule has 186 valence electrons. The number of carbonyl (C=O) groups is 1. The maximum atomic E-state index is 12.5. The minimum absolute atomic E-state index is 0.148. The van der Waals surface area contributed by atoms with E-state index in [0.717, 1.165) is 12.1 Å². The Morgan fingerprint density at radius 2 is 1.60 bits per heavy atom. The molecule has 2 N–H and O–H groups in total. The monoisotopic (exact) mass is 511 g/mol. The molecule has 0 saturated carbocycles. The van der Waals surface area contributed by atoms with Crippen LogP contribution in [0.5, 0.6) is 5.75 Å². The van der Waals surface area contributed by atoms with Gasteiger partial charge in [-0.2, -0.15) is 13.2 Å². The van der Waals surface area contributed by atoms with Gasteiger partial charge in [0, 0.05) is 30.6 Å². The molecule has 1 heterocycles. The first kappa shape index (κ1) is 25.7. The number of benzene rings is 2. The number of rotatable bonds is 9. The van der Waals surface area contributed by atoms with Gasteiger partial charge in [-0.15, -0.1) is 0 Å². The van der Waals surface area contributed by atoms with Crippen LogP contribution in [0.25, 0.3) is 0 Å². The summed E-state index contributed by atoms with van der Waals surface area (Å²) in [5.41, 5.74) is 0.967. The fourth-order valence-electron chi connectivity index (χ4n) is 2.72. The van der Waals surface area contributed by atoms with Crippen molar-refractivity contribution in [3.63, 3.8) is 0 Å². The molecule has 0 aliphatic rings. The number of anilines is 4. The van der Waals surface area contributed by atoms with E-state index in [0.29, 0.717) is 36.7 Å². The van der Waals surface area contributed by atoms with Gasteiger partial charge in [-0.1, -0.05) is 12.1 Å². The Hall–Kier alpha value is -3.91. The van der Waals surface area contributed by atoms with Crippen molar-refractivity contribution in [3.8, 4) is 5.75 Å². The Morgan fingerprint density at radius 3 is 2.20 bits per heavy atom. The molecule has 14 heteroatoms. The summed E-state index contributed by atoms with van der Waals surface area (Å²) < 4.78 is 67.6. The second-order valence-corrected chi connectivity index (χ2v) is 8.75. The summed E-state index contributed by atoms with van der Waals surface area (Å²) in [6, 6.07) is 13.9. The maximum absolute atomic E-state index is 12.5. The zero-order valence-corrected chi connectivity index (χ0v) is 19.2. The first-order valence-corrected chi connectivity index (χ1v) is 11.4. The number of nitrogens with zero attached hydrogens (tertiary/aromatic N) is 3. The van der Waals surface area contributed by atoms with Crippen LogP contribution in [-0.4, -0.2) is 48.7 Å². The molecule has 0 aliphatic carbocycles. The highest BCUT2D eigenvalue weighted by Crippen LogP contribution is 2.25. The number of aromatic nitrogens is 2. The van der Waals surface area contributed by atoms with Gasteiger partial charge in [0.2, 0.25) is 0 Å². The van der Waals surface area contributed by atoms with E-state index in [9.17, 15) is 26.4 Å². The molecule has 10 nitrogen and oxygen atoms in total. The van der Waals surface area contributed by atoms with Gasteiger partial charge in [-0.05, 0) is 41.7 Å². The molecule has 0 bridgehead atoms. The molecule has 0 radical (unpaired) electrons. The lowest BCUT2D eigenvalue weighted by atomic mass is 10.3. The molecule has 3 aromatic rings. The molecule has 0 spiro atoms. The predicted molar refractivity (Wildman–Crippen MR) is 120 cm³/mol. The Balaban J connectivity index is 1.75. The number of hydroxylamine groups is 1. The van der Waals surface area contributed by atoms with Gasteiger partial charge in [-0.25, -0.2) is 23.2 Å². The summed E-state index contributed by atoms with van der Waals surface area (Å²) in [6.07, 6.45) is -4.07. The summed E-state index contributed by atoms with van der Waals surface area (Å²) in [4.78, 5) is 22.7. The van der Waals surface area contributed by atoms with Crippen molar-refractivity contribution in [2.45, 2.75) is 18.0 Å². The van der Waals surface area contributed by atoms with Crippen molar-refractivity contribution >= 4 is 39.0 Å². The Bertz CT molecular complexity index is 1300. The first-order chi connectivity index (χ1) is 16.5. The second kappa shape index (κ2) is 10.6. The van der Waals surface area contributed by atoms with Gasteiger partial charge in [0.15, 0.2) is 0 Å². The molecule has 1 aromatic heterocycles. The fraction of sp³-hybridized carbons (Fsp3) is 0.190. The van der Waals surface area contributed by atoms with Crippen LogP contribution in [0.2, 0.25) is 0 Å². The van der Waals surface area contributed by atoms with Crippen LogP contribution in [0.1, 0.15) is 6.92 Å². The van der Waals surface area contributed by atoms with Crippen LogP contribution in [0.15, 0.2) is 65.8 Å². The number of ether oxygens (including phenoxy) is 1. The molecule has 2 aromatic carbocycles.